The van der Waals surface area contributed by atoms with Gasteiger partial charge in [0, 0.05) is 6.42 Å². The summed E-state index contributed by atoms with van der Waals surface area (Å²) < 4.78 is 65.1. The van der Waals surface area contributed by atoms with E-state index in [1.165, 1.54) is 0 Å². The highest BCUT2D eigenvalue weighted by atomic mass is 19.4. The minimum atomic E-state index is -5.46. The zero-order valence-corrected chi connectivity index (χ0v) is 11.1. The number of carbonyl (C=O) groups is 1. The van der Waals surface area contributed by atoms with Crippen LogP contribution < -0.4 is 0 Å². The summed E-state index contributed by atoms with van der Waals surface area (Å²) >= 11 is 0. The molecule has 1 aromatic carbocycles. The average molecular weight is 312 g/mol. The van der Waals surface area contributed by atoms with E-state index in [0.29, 0.717) is 6.07 Å². The molecule has 0 saturated heterocycles. The van der Waals surface area contributed by atoms with E-state index in [9.17, 15) is 31.9 Å². The lowest BCUT2D eigenvalue weighted by molar-refractivity contribution is -0.265. The van der Waals surface area contributed by atoms with E-state index in [4.69, 9.17) is 5.11 Å². The van der Waals surface area contributed by atoms with E-state index in [0.717, 1.165) is 26.0 Å². The molecule has 0 aliphatic rings. The third kappa shape index (κ3) is 3.31. The van der Waals surface area contributed by atoms with E-state index in [-0.39, 0.29) is 0 Å². The van der Waals surface area contributed by atoms with Gasteiger partial charge in [-0.25, -0.2) is 13.6 Å². The van der Waals surface area contributed by atoms with Crippen LogP contribution in [0.5, 0.6) is 0 Å². The average Bonchev–Trinajstić information content (AvgIpc) is 2.29. The Morgan fingerprint density at radius 2 is 1.71 bits per heavy atom. The molecule has 1 atom stereocenters. The van der Waals surface area contributed by atoms with E-state index >= 15 is 0 Å². The third-order valence-corrected chi connectivity index (χ3v) is 3.18. The molecule has 0 aliphatic carbocycles. The Hall–Kier alpha value is -1.70. The lowest BCUT2D eigenvalue weighted by Gasteiger charge is -2.35. The quantitative estimate of drug-likeness (QED) is 0.840. The molecule has 0 amide bonds. The van der Waals surface area contributed by atoms with E-state index in [1.54, 1.807) is 0 Å². The van der Waals surface area contributed by atoms with Crippen molar-refractivity contribution in [1.29, 1.82) is 0 Å². The number of carboxylic acids is 1. The minimum Gasteiger partial charge on any atom is -0.479 e. The second-order valence-electron chi connectivity index (χ2n) is 5.35. The molecule has 0 spiro atoms. The van der Waals surface area contributed by atoms with Crippen LogP contribution in [0, 0.1) is 11.6 Å². The molecule has 0 bridgehead atoms. The summed E-state index contributed by atoms with van der Waals surface area (Å²) in [6.45, 7) is 2.18. The van der Waals surface area contributed by atoms with Crippen LogP contribution in [0.3, 0.4) is 0 Å². The molecule has 1 unspecified atom stereocenters. The van der Waals surface area contributed by atoms with E-state index < -0.39 is 46.8 Å². The fraction of sp³-hybridized carbons (Fsp3) is 0.462. The van der Waals surface area contributed by atoms with Crippen LogP contribution >= 0.6 is 0 Å². The predicted octanol–water partition coefficient (Wildman–Crippen LogP) is 3.01. The van der Waals surface area contributed by atoms with Crippen molar-refractivity contribution in [3.05, 3.63) is 35.4 Å². The molecule has 2 N–H and O–H groups in total. The highest BCUT2D eigenvalue weighted by Gasteiger charge is 2.62. The maximum Gasteiger partial charge on any atom is 0.428 e. The summed E-state index contributed by atoms with van der Waals surface area (Å²) in [5.74, 6) is -4.37. The van der Waals surface area contributed by atoms with Crippen molar-refractivity contribution in [3.63, 3.8) is 0 Å². The van der Waals surface area contributed by atoms with Crippen molar-refractivity contribution in [2.75, 3.05) is 0 Å². The molecule has 1 rings (SSSR count). The van der Waals surface area contributed by atoms with Gasteiger partial charge < -0.3 is 10.2 Å². The predicted molar refractivity (Wildman–Crippen MR) is 62.6 cm³/mol. The van der Waals surface area contributed by atoms with Crippen LogP contribution in [-0.2, 0) is 10.2 Å². The van der Waals surface area contributed by atoms with Gasteiger partial charge in [-0.05, 0) is 29.2 Å². The number of carboxylic acid groups (broad SMARTS) is 1. The minimum absolute atomic E-state index is 0.452. The number of hydrogen-bond donors (Lipinski definition) is 2. The van der Waals surface area contributed by atoms with Crippen LogP contribution in [0.25, 0.3) is 0 Å². The molecule has 0 aromatic heterocycles. The first-order valence-corrected chi connectivity index (χ1v) is 5.79. The van der Waals surface area contributed by atoms with Crippen molar-refractivity contribution >= 4 is 5.97 Å². The summed E-state index contributed by atoms with van der Waals surface area (Å²) in [6, 6.07) is 2.18. The highest BCUT2D eigenvalue weighted by molar-refractivity contribution is 5.78. The maximum atomic E-state index is 13.7. The standard InChI is InChI=1S/C13H13F5O3/c1-11(2,8-5-7(14)3-4-9(8)15)6-12(21,10(19)20)13(16,17)18/h3-5,21H,6H2,1-2H3,(H,19,20). The first-order chi connectivity index (χ1) is 9.31. The van der Waals surface area contributed by atoms with E-state index in [1.807, 2.05) is 0 Å². The zero-order valence-electron chi connectivity index (χ0n) is 11.1. The van der Waals surface area contributed by atoms with Gasteiger partial charge in [0.25, 0.3) is 5.60 Å². The molecule has 8 heteroatoms. The van der Waals surface area contributed by atoms with Gasteiger partial charge in [-0.15, -0.1) is 0 Å². The van der Waals surface area contributed by atoms with Crippen molar-refractivity contribution in [1.82, 2.24) is 0 Å². The molecule has 0 radical (unpaired) electrons. The first kappa shape index (κ1) is 17.4. The Morgan fingerprint density at radius 1 is 1.19 bits per heavy atom. The zero-order chi connectivity index (χ0) is 16.6. The molecule has 1 aromatic rings. The molecular formula is C13H13F5O3. The highest BCUT2D eigenvalue weighted by Crippen LogP contribution is 2.42. The molecule has 21 heavy (non-hydrogen) atoms. The van der Waals surface area contributed by atoms with Gasteiger partial charge in [0.05, 0.1) is 0 Å². The Balaban J connectivity index is 3.31. The number of benzene rings is 1. The number of halogens is 5. The van der Waals surface area contributed by atoms with Crippen molar-refractivity contribution in [3.8, 4) is 0 Å². The van der Waals surface area contributed by atoms with Gasteiger partial charge in [-0.2, -0.15) is 13.2 Å². The lowest BCUT2D eigenvalue weighted by atomic mass is 9.74. The van der Waals surface area contributed by atoms with Crippen molar-refractivity contribution < 1.29 is 37.0 Å². The number of hydrogen-bond acceptors (Lipinski definition) is 2. The second-order valence-corrected chi connectivity index (χ2v) is 5.35. The molecule has 0 heterocycles. The summed E-state index contributed by atoms with van der Waals surface area (Å²) in [4.78, 5) is 10.8. The Bertz CT molecular complexity index is 553. The SMILES string of the molecule is CC(C)(CC(O)(C(=O)O)C(F)(F)F)c1cc(F)ccc1F. The molecule has 118 valence electrons. The van der Waals surface area contributed by atoms with Gasteiger partial charge in [-0.1, -0.05) is 13.8 Å². The van der Waals surface area contributed by atoms with Crippen LogP contribution in [-0.4, -0.2) is 28.0 Å². The molecule has 0 fully saturated rings. The largest absolute Gasteiger partial charge is 0.479 e. The summed E-state index contributed by atoms with van der Waals surface area (Å²) in [5.41, 5.74) is -6.28. The number of aliphatic hydroxyl groups is 1. The number of alkyl halides is 3. The molecule has 0 aliphatic heterocycles. The van der Waals surface area contributed by atoms with Crippen molar-refractivity contribution in [2.24, 2.45) is 0 Å². The second kappa shape index (κ2) is 5.25. The van der Waals surface area contributed by atoms with Gasteiger partial charge in [0.1, 0.15) is 11.6 Å². The number of rotatable bonds is 4. The smallest absolute Gasteiger partial charge is 0.428 e. The van der Waals surface area contributed by atoms with Crippen LogP contribution in [0.1, 0.15) is 25.8 Å². The van der Waals surface area contributed by atoms with Gasteiger partial charge in [0.15, 0.2) is 0 Å². The van der Waals surface area contributed by atoms with Crippen molar-refractivity contribution in [2.45, 2.75) is 37.5 Å². The molecular weight excluding hydrogens is 299 g/mol. The topological polar surface area (TPSA) is 57.5 Å². The fourth-order valence-corrected chi connectivity index (χ4v) is 2.05. The molecule has 0 saturated carbocycles. The lowest BCUT2D eigenvalue weighted by Crippen LogP contribution is -2.55. The normalized spacial score (nSPS) is 15.6. The summed E-state index contributed by atoms with van der Waals surface area (Å²) in [6.07, 6.45) is -6.82. The van der Waals surface area contributed by atoms with Gasteiger partial charge >= 0.3 is 12.1 Å². The van der Waals surface area contributed by atoms with Crippen LogP contribution in [0.2, 0.25) is 0 Å². The van der Waals surface area contributed by atoms with Gasteiger partial charge in [-0.3, -0.25) is 0 Å². The summed E-state index contributed by atoms with van der Waals surface area (Å²) in [5, 5.41) is 18.1. The van der Waals surface area contributed by atoms with Gasteiger partial charge in [0.2, 0.25) is 0 Å². The maximum absolute atomic E-state index is 13.7. The fourth-order valence-electron chi connectivity index (χ4n) is 2.05. The number of aliphatic carboxylic acids is 1. The Morgan fingerprint density at radius 3 is 2.14 bits per heavy atom. The third-order valence-electron chi connectivity index (χ3n) is 3.18. The Labute approximate surface area is 117 Å². The first-order valence-electron chi connectivity index (χ1n) is 5.79. The monoisotopic (exact) mass is 312 g/mol. The van der Waals surface area contributed by atoms with Crippen LogP contribution in [0.4, 0.5) is 22.0 Å². The molecule has 3 nitrogen and oxygen atoms in total. The van der Waals surface area contributed by atoms with Crippen LogP contribution in [0.15, 0.2) is 18.2 Å². The van der Waals surface area contributed by atoms with E-state index in [2.05, 4.69) is 0 Å². The Kier molecular flexibility index (Phi) is 4.34. The summed E-state index contributed by atoms with van der Waals surface area (Å²) in [7, 11) is 0.